The van der Waals surface area contributed by atoms with Crippen molar-refractivity contribution < 1.29 is 23.1 Å². The molecule has 0 atom stereocenters. The molecule has 2 N–H and O–H groups in total. The molecule has 0 aliphatic carbocycles. The van der Waals surface area contributed by atoms with Gasteiger partial charge in [0.05, 0.1) is 12.7 Å². The van der Waals surface area contributed by atoms with Gasteiger partial charge in [0.15, 0.2) is 11.4 Å². The Labute approximate surface area is 115 Å². The average Bonchev–Trinajstić information content (AvgIpc) is 2.87. The summed E-state index contributed by atoms with van der Waals surface area (Å²) in [6, 6.07) is 1.97. The van der Waals surface area contributed by atoms with E-state index in [1.165, 1.54) is 10.9 Å². The van der Waals surface area contributed by atoms with Gasteiger partial charge in [-0.3, -0.25) is 0 Å². The molecule has 0 saturated heterocycles. The summed E-state index contributed by atoms with van der Waals surface area (Å²) in [6.45, 7) is 0.533. The van der Waals surface area contributed by atoms with Crippen molar-refractivity contribution in [2.75, 3.05) is 11.9 Å². The summed E-state index contributed by atoms with van der Waals surface area (Å²) in [5.74, 6) is -1.02. The van der Waals surface area contributed by atoms with Gasteiger partial charge in [-0.1, -0.05) is 5.21 Å². The molecule has 8 nitrogen and oxygen atoms in total. The van der Waals surface area contributed by atoms with Gasteiger partial charge in [-0.2, -0.15) is 13.2 Å². The van der Waals surface area contributed by atoms with Gasteiger partial charge in [0.1, 0.15) is 5.82 Å². The zero-order valence-electron chi connectivity index (χ0n) is 10.4. The molecule has 11 heteroatoms. The second-order valence-electron chi connectivity index (χ2n) is 3.90. The van der Waals surface area contributed by atoms with E-state index in [1.54, 1.807) is 0 Å². The number of rotatable bonds is 5. The average molecular weight is 302 g/mol. The Morgan fingerprint density at radius 3 is 2.57 bits per heavy atom. The Bertz CT molecular complexity index is 624. The van der Waals surface area contributed by atoms with E-state index < -0.39 is 17.8 Å². The fourth-order valence-electron chi connectivity index (χ4n) is 1.38. The quantitative estimate of drug-likeness (QED) is 0.845. The fraction of sp³-hybridized carbons (Fsp3) is 0.300. The van der Waals surface area contributed by atoms with E-state index in [0.29, 0.717) is 0 Å². The number of carboxylic acids is 1. The minimum absolute atomic E-state index is 0.168. The van der Waals surface area contributed by atoms with Gasteiger partial charge in [-0.15, -0.1) is 15.3 Å². The molecular formula is C10H9F3N6O2. The summed E-state index contributed by atoms with van der Waals surface area (Å²) in [6.07, 6.45) is -3.29. The van der Waals surface area contributed by atoms with Gasteiger partial charge in [0.25, 0.3) is 0 Å². The zero-order chi connectivity index (χ0) is 15.5. The van der Waals surface area contributed by atoms with E-state index in [0.717, 1.165) is 12.1 Å². The summed E-state index contributed by atoms with van der Waals surface area (Å²) < 4.78 is 38.1. The Balaban J connectivity index is 1.87. The van der Waals surface area contributed by atoms with E-state index in [2.05, 4.69) is 25.8 Å². The third-order valence-corrected chi connectivity index (χ3v) is 2.36. The SMILES string of the molecule is O=C(O)c1cn(CCNc2ccc(C(F)(F)F)nn2)nn1. The van der Waals surface area contributed by atoms with Crippen LogP contribution in [-0.4, -0.2) is 42.8 Å². The topological polar surface area (TPSA) is 106 Å². The lowest BCUT2D eigenvalue weighted by molar-refractivity contribution is -0.141. The maximum atomic E-state index is 12.3. The highest BCUT2D eigenvalue weighted by Gasteiger charge is 2.32. The molecule has 2 rings (SSSR count). The molecule has 0 aliphatic rings. The van der Waals surface area contributed by atoms with Crippen molar-refractivity contribution in [3.8, 4) is 0 Å². The Morgan fingerprint density at radius 2 is 2.05 bits per heavy atom. The van der Waals surface area contributed by atoms with Gasteiger partial charge >= 0.3 is 12.1 Å². The van der Waals surface area contributed by atoms with Crippen LogP contribution in [0, 0.1) is 0 Å². The molecular weight excluding hydrogens is 293 g/mol. The fourth-order valence-corrected chi connectivity index (χ4v) is 1.38. The van der Waals surface area contributed by atoms with Crippen LogP contribution in [0.3, 0.4) is 0 Å². The summed E-state index contributed by atoms with van der Waals surface area (Å²) in [7, 11) is 0. The Kier molecular flexibility index (Phi) is 4.00. The lowest BCUT2D eigenvalue weighted by Gasteiger charge is -2.07. The second kappa shape index (κ2) is 5.73. The highest BCUT2D eigenvalue weighted by molar-refractivity contribution is 5.84. The molecule has 0 spiro atoms. The van der Waals surface area contributed by atoms with Crippen LogP contribution in [0.25, 0.3) is 0 Å². The van der Waals surface area contributed by atoms with Crippen molar-refractivity contribution >= 4 is 11.8 Å². The third-order valence-electron chi connectivity index (χ3n) is 2.36. The van der Waals surface area contributed by atoms with Crippen molar-refractivity contribution in [1.82, 2.24) is 25.2 Å². The van der Waals surface area contributed by atoms with E-state index in [4.69, 9.17) is 5.11 Å². The number of aromatic nitrogens is 5. The molecule has 21 heavy (non-hydrogen) atoms. The van der Waals surface area contributed by atoms with Crippen LogP contribution in [0.5, 0.6) is 0 Å². The molecule has 0 fully saturated rings. The van der Waals surface area contributed by atoms with Crippen molar-refractivity contribution in [2.24, 2.45) is 0 Å². The molecule has 0 aliphatic heterocycles. The van der Waals surface area contributed by atoms with E-state index in [9.17, 15) is 18.0 Å². The van der Waals surface area contributed by atoms with E-state index >= 15 is 0 Å². The number of aromatic carboxylic acids is 1. The lowest BCUT2D eigenvalue weighted by Crippen LogP contribution is -2.14. The molecule has 0 saturated carbocycles. The van der Waals surface area contributed by atoms with Crippen LogP contribution in [-0.2, 0) is 12.7 Å². The Morgan fingerprint density at radius 1 is 1.29 bits per heavy atom. The number of nitrogens with one attached hydrogen (secondary N) is 1. The number of hydrogen-bond donors (Lipinski definition) is 2. The van der Waals surface area contributed by atoms with E-state index in [-0.39, 0.29) is 24.6 Å². The first-order valence-electron chi connectivity index (χ1n) is 5.64. The Hall–Kier alpha value is -2.72. The van der Waals surface area contributed by atoms with Gasteiger partial charge in [-0.25, -0.2) is 9.48 Å². The number of halogens is 3. The first-order chi connectivity index (χ1) is 9.86. The summed E-state index contributed by atoms with van der Waals surface area (Å²) >= 11 is 0. The maximum Gasteiger partial charge on any atom is 0.435 e. The summed E-state index contributed by atoms with van der Waals surface area (Å²) in [4.78, 5) is 10.6. The van der Waals surface area contributed by atoms with Crippen LogP contribution in [0.4, 0.5) is 19.0 Å². The third kappa shape index (κ3) is 3.87. The molecule has 2 heterocycles. The molecule has 0 amide bonds. The minimum atomic E-state index is -4.53. The van der Waals surface area contributed by atoms with Crippen LogP contribution in [0.15, 0.2) is 18.3 Å². The molecule has 0 unspecified atom stereocenters. The van der Waals surface area contributed by atoms with Crippen LogP contribution >= 0.6 is 0 Å². The van der Waals surface area contributed by atoms with E-state index in [1.807, 2.05) is 0 Å². The molecule has 0 radical (unpaired) electrons. The summed E-state index contributed by atoms with van der Waals surface area (Å²) in [5.41, 5.74) is -1.26. The van der Waals surface area contributed by atoms with Gasteiger partial charge in [0, 0.05) is 6.54 Å². The number of nitrogens with zero attached hydrogens (tertiary/aromatic N) is 5. The lowest BCUT2D eigenvalue weighted by atomic mass is 10.4. The molecule has 0 aromatic carbocycles. The predicted octanol–water partition coefficient (Wildman–Crippen LogP) is 0.897. The van der Waals surface area contributed by atoms with Crippen molar-refractivity contribution in [1.29, 1.82) is 0 Å². The normalized spacial score (nSPS) is 11.4. The number of anilines is 1. The van der Waals surface area contributed by atoms with Gasteiger partial charge in [-0.05, 0) is 12.1 Å². The number of alkyl halides is 3. The highest BCUT2D eigenvalue weighted by atomic mass is 19.4. The van der Waals surface area contributed by atoms with Gasteiger partial charge in [0.2, 0.25) is 0 Å². The zero-order valence-corrected chi connectivity index (χ0v) is 10.4. The smallest absolute Gasteiger partial charge is 0.435 e. The second-order valence-corrected chi connectivity index (χ2v) is 3.90. The van der Waals surface area contributed by atoms with Crippen LogP contribution in [0.2, 0.25) is 0 Å². The largest absolute Gasteiger partial charge is 0.476 e. The minimum Gasteiger partial charge on any atom is -0.476 e. The molecule has 2 aromatic rings. The highest BCUT2D eigenvalue weighted by Crippen LogP contribution is 2.26. The van der Waals surface area contributed by atoms with Crippen molar-refractivity contribution in [2.45, 2.75) is 12.7 Å². The predicted molar refractivity (Wildman–Crippen MR) is 62.5 cm³/mol. The number of carbonyl (C=O) groups is 1. The molecule has 0 bridgehead atoms. The number of carboxylic acid groups (broad SMARTS) is 1. The molecule has 2 aromatic heterocycles. The van der Waals surface area contributed by atoms with Crippen LogP contribution < -0.4 is 5.32 Å². The molecule has 112 valence electrons. The number of hydrogen-bond acceptors (Lipinski definition) is 6. The van der Waals surface area contributed by atoms with Crippen molar-refractivity contribution in [3.63, 3.8) is 0 Å². The first kappa shape index (κ1) is 14.7. The van der Waals surface area contributed by atoms with Gasteiger partial charge < -0.3 is 10.4 Å². The summed E-state index contributed by atoms with van der Waals surface area (Å²) in [5, 5.41) is 24.8. The maximum absolute atomic E-state index is 12.3. The van der Waals surface area contributed by atoms with Crippen LogP contribution in [0.1, 0.15) is 16.2 Å². The monoisotopic (exact) mass is 302 g/mol. The first-order valence-corrected chi connectivity index (χ1v) is 5.64. The van der Waals surface area contributed by atoms with Crippen molar-refractivity contribution in [3.05, 3.63) is 29.7 Å². The standard InChI is InChI=1S/C10H9F3N6O2/c11-10(12,13)7-1-2-8(17-16-7)14-3-4-19-5-6(9(20)21)15-18-19/h1-2,5H,3-4H2,(H,14,17)(H,20,21).